The van der Waals surface area contributed by atoms with E-state index in [1.807, 2.05) is 6.92 Å². The number of nitrogens with zero attached hydrogens (tertiary/aromatic N) is 1. The van der Waals surface area contributed by atoms with Crippen LogP contribution in [0.4, 0.5) is 11.5 Å². The minimum atomic E-state index is -0.264. The number of halogens is 1. The second kappa shape index (κ2) is 6.45. The third-order valence-corrected chi connectivity index (χ3v) is 3.23. The molecule has 1 aromatic carbocycles. The summed E-state index contributed by atoms with van der Waals surface area (Å²) in [5.74, 6) is 0.614. The Kier molecular flexibility index (Phi) is 4.65. The second-order valence-corrected chi connectivity index (χ2v) is 4.84. The summed E-state index contributed by atoms with van der Waals surface area (Å²) in [7, 11) is 1.53. The van der Waals surface area contributed by atoms with Crippen LogP contribution in [0.15, 0.2) is 30.3 Å². The van der Waals surface area contributed by atoms with Gasteiger partial charge in [0.15, 0.2) is 0 Å². The van der Waals surface area contributed by atoms with Crippen molar-refractivity contribution in [1.82, 2.24) is 4.98 Å². The number of ether oxygens (including phenoxy) is 1. The number of nitrogens with one attached hydrogen (secondary N) is 1. The van der Waals surface area contributed by atoms with Crippen LogP contribution in [0.3, 0.4) is 0 Å². The molecule has 6 heteroatoms. The molecule has 1 heterocycles. The maximum atomic E-state index is 12.2. The van der Waals surface area contributed by atoms with Crippen LogP contribution in [0.2, 0.25) is 5.02 Å². The van der Waals surface area contributed by atoms with Crippen LogP contribution in [0.1, 0.15) is 23.0 Å². The van der Waals surface area contributed by atoms with Crippen LogP contribution in [0.5, 0.6) is 5.75 Å². The fourth-order valence-electron chi connectivity index (χ4n) is 1.87. The molecule has 0 radical (unpaired) electrons. The van der Waals surface area contributed by atoms with E-state index < -0.39 is 0 Å². The van der Waals surface area contributed by atoms with Crippen molar-refractivity contribution < 1.29 is 9.53 Å². The molecule has 2 aromatic rings. The lowest BCUT2D eigenvalue weighted by Gasteiger charge is -2.09. The number of nitrogens with two attached hydrogens (primary N) is 1. The van der Waals surface area contributed by atoms with Crippen LogP contribution in [0, 0.1) is 0 Å². The summed E-state index contributed by atoms with van der Waals surface area (Å²) in [6, 6.07) is 8.30. The highest BCUT2D eigenvalue weighted by atomic mass is 35.5. The number of carbonyl (C=O) groups excluding carboxylic acids is 1. The van der Waals surface area contributed by atoms with Crippen molar-refractivity contribution in [1.29, 1.82) is 0 Å². The number of nitrogen functional groups attached to an aromatic ring is 1. The standard InChI is InChI=1S/C15H16ClN3O2/c1-3-10-6-9(7-14(17)18-10)15(20)19-11-4-5-13(21-2)12(16)8-11/h4-8H,3H2,1-2H3,(H2,17,18)(H,19,20). The average Bonchev–Trinajstić information content (AvgIpc) is 2.46. The molecule has 0 fully saturated rings. The molecule has 1 aromatic heterocycles. The third-order valence-electron chi connectivity index (χ3n) is 2.93. The Morgan fingerprint density at radius 1 is 1.38 bits per heavy atom. The van der Waals surface area contributed by atoms with Crippen molar-refractivity contribution in [2.45, 2.75) is 13.3 Å². The smallest absolute Gasteiger partial charge is 0.255 e. The van der Waals surface area contributed by atoms with Gasteiger partial charge in [-0.2, -0.15) is 0 Å². The largest absolute Gasteiger partial charge is 0.495 e. The van der Waals surface area contributed by atoms with Crippen molar-refractivity contribution in [3.8, 4) is 5.75 Å². The van der Waals surface area contributed by atoms with Crippen LogP contribution >= 0.6 is 11.6 Å². The summed E-state index contributed by atoms with van der Waals surface area (Å²) in [5, 5.41) is 3.20. The van der Waals surface area contributed by atoms with Crippen molar-refractivity contribution in [2.75, 3.05) is 18.2 Å². The monoisotopic (exact) mass is 305 g/mol. The number of amides is 1. The Bertz CT molecular complexity index is 674. The Morgan fingerprint density at radius 3 is 2.76 bits per heavy atom. The first-order valence-corrected chi connectivity index (χ1v) is 6.82. The maximum Gasteiger partial charge on any atom is 0.255 e. The fourth-order valence-corrected chi connectivity index (χ4v) is 2.13. The molecule has 2 rings (SSSR count). The van der Waals surface area contributed by atoms with E-state index in [0.29, 0.717) is 34.3 Å². The SMILES string of the molecule is CCc1cc(C(=O)Nc2ccc(OC)c(Cl)c2)cc(N)n1. The highest BCUT2D eigenvalue weighted by Gasteiger charge is 2.10. The van der Waals surface area contributed by atoms with Gasteiger partial charge < -0.3 is 15.8 Å². The van der Waals surface area contributed by atoms with Gasteiger partial charge in [-0.05, 0) is 36.8 Å². The molecule has 0 aliphatic heterocycles. The number of rotatable bonds is 4. The summed E-state index contributed by atoms with van der Waals surface area (Å²) in [4.78, 5) is 16.4. The highest BCUT2D eigenvalue weighted by molar-refractivity contribution is 6.32. The molecule has 0 aliphatic rings. The zero-order valence-corrected chi connectivity index (χ0v) is 12.6. The molecule has 21 heavy (non-hydrogen) atoms. The van der Waals surface area contributed by atoms with Gasteiger partial charge in [0.05, 0.1) is 12.1 Å². The van der Waals surface area contributed by atoms with Gasteiger partial charge in [-0.15, -0.1) is 0 Å². The Labute approximate surface area is 128 Å². The van der Waals surface area contributed by atoms with E-state index in [0.717, 1.165) is 5.69 Å². The first-order chi connectivity index (χ1) is 10.0. The summed E-state index contributed by atoms with van der Waals surface area (Å²) >= 11 is 6.03. The normalized spacial score (nSPS) is 10.2. The number of aromatic nitrogens is 1. The first-order valence-electron chi connectivity index (χ1n) is 6.44. The van der Waals surface area contributed by atoms with Gasteiger partial charge >= 0.3 is 0 Å². The Morgan fingerprint density at radius 2 is 2.14 bits per heavy atom. The van der Waals surface area contributed by atoms with E-state index in [4.69, 9.17) is 22.1 Å². The molecule has 1 amide bonds. The van der Waals surface area contributed by atoms with Gasteiger partial charge in [0.25, 0.3) is 5.91 Å². The van der Waals surface area contributed by atoms with Crippen LogP contribution in [-0.4, -0.2) is 18.0 Å². The maximum absolute atomic E-state index is 12.2. The molecule has 3 N–H and O–H groups in total. The molecule has 0 saturated carbocycles. The average molecular weight is 306 g/mol. The van der Waals surface area contributed by atoms with Gasteiger partial charge in [-0.1, -0.05) is 18.5 Å². The molecular weight excluding hydrogens is 290 g/mol. The van der Waals surface area contributed by atoms with E-state index in [1.165, 1.54) is 7.11 Å². The van der Waals surface area contributed by atoms with Crippen molar-refractivity contribution in [3.05, 3.63) is 46.6 Å². The van der Waals surface area contributed by atoms with Crippen LogP contribution in [0.25, 0.3) is 0 Å². The molecular formula is C15H16ClN3O2. The number of benzene rings is 1. The second-order valence-electron chi connectivity index (χ2n) is 4.43. The molecule has 110 valence electrons. The van der Waals surface area contributed by atoms with E-state index in [9.17, 15) is 4.79 Å². The van der Waals surface area contributed by atoms with Gasteiger partial charge in [0.1, 0.15) is 11.6 Å². The lowest BCUT2D eigenvalue weighted by molar-refractivity contribution is 0.102. The lowest BCUT2D eigenvalue weighted by Crippen LogP contribution is -2.13. The quantitative estimate of drug-likeness (QED) is 0.909. The predicted octanol–water partition coefficient (Wildman–Crippen LogP) is 3.14. The van der Waals surface area contributed by atoms with Gasteiger partial charge in [0, 0.05) is 16.9 Å². The first kappa shape index (κ1) is 15.1. The predicted molar refractivity (Wildman–Crippen MR) is 84.0 cm³/mol. The molecule has 0 aliphatic carbocycles. The minimum Gasteiger partial charge on any atom is -0.495 e. The van der Waals surface area contributed by atoms with Crippen molar-refractivity contribution >= 4 is 29.0 Å². The third kappa shape index (κ3) is 3.64. The fraction of sp³-hybridized carbons (Fsp3) is 0.200. The lowest BCUT2D eigenvalue weighted by atomic mass is 10.1. The Hall–Kier alpha value is -2.27. The molecule has 0 unspecified atom stereocenters. The van der Waals surface area contributed by atoms with Gasteiger partial charge in [0.2, 0.25) is 0 Å². The van der Waals surface area contributed by atoms with E-state index in [1.54, 1.807) is 30.3 Å². The van der Waals surface area contributed by atoms with Gasteiger partial charge in [-0.25, -0.2) is 4.98 Å². The van der Waals surface area contributed by atoms with Crippen LogP contribution in [-0.2, 0) is 6.42 Å². The number of carbonyl (C=O) groups is 1. The molecule has 0 saturated heterocycles. The summed E-state index contributed by atoms with van der Waals surface area (Å²) in [6.45, 7) is 1.95. The topological polar surface area (TPSA) is 77.2 Å². The number of hydrogen-bond donors (Lipinski definition) is 2. The van der Waals surface area contributed by atoms with E-state index in [2.05, 4.69) is 10.3 Å². The minimum absolute atomic E-state index is 0.264. The highest BCUT2D eigenvalue weighted by Crippen LogP contribution is 2.27. The Balaban J connectivity index is 2.21. The number of aryl methyl sites for hydroxylation is 1. The van der Waals surface area contributed by atoms with Crippen molar-refractivity contribution in [2.24, 2.45) is 0 Å². The van der Waals surface area contributed by atoms with E-state index in [-0.39, 0.29) is 5.91 Å². The summed E-state index contributed by atoms with van der Waals surface area (Å²) in [5.41, 5.74) is 7.52. The summed E-state index contributed by atoms with van der Waals surface area (Å²) in [6.07, 6.45) is 0.708. The number of hydrogen-bond acceptors (Lipinski definition) is 4. The molecule has 0 spiro atoms. The number of pyridine rings is 1. The molecule has 0 atom stereocenters. The zero-order chi connectivity index (χ0) is 15.4. The zero-order valence-electron chi connectivity index (χ0n) is 11.8. The molecule has 0 bridgehead atoms. The molecule has 5 nitrogen and oxygen atoms in total. The van der Waals surface area contributed by atoms with Gasteiger partial charge in [-0.3, -0.25) is 4.79 Å². The number of anilines is 2. The summed E-state index contributed by atoms with van der Waals surface area (Å²) < 4.78 is 5.07. The number of methoxy groups -OCH3 is 1. The van der Waals surface area contributed by atoms with E-state index >= 15 is 0 Å². The van der Waals surface area contributed by atoms with Crippen LogP contribution < -0.4 is 15.8 Å². The van der Waals surface area contributed by atoms with Crippen molar-refractivity contribution in [3.63, 3.8) is 0 Å².